The predicted molar refractivity (Wildman–Crippen MR) is 83.6 cm³/mol. The minimum atomic E-state index is -0.910. The minimum absolute atomic E-state index is 0.201. The highest BCUT2D eigenvalue weighted by Gasteiger charge is 2.40. The van der Waals surface area contributed by atoms with E-state index in [-0.39, 0.29) is 17.4 Å². The third kappa shape index (κ3) is 3.56. The van der Waals surface area contributed by atoms with Gasteiger partial charge in [0.05, 0.1) is 11.7 Å². The summed E-state index contributed by atoms with van der Waals surface area (Å²) in [6.07, 6.45) is 1.68. The normalized spacial score (nSPS) is 28.1. The van der Waals surface area contributed by atoms with Gasteiger partial charge >= 0.3 is 5.97 Å². The van der Waals surface area contributed by atoms with Gasteiger partial charge in [0, 0.05) is 12.2 Å². The van der Waals surface area contributed by atoms with Crippen LogP contribution < -0.4 is 5.32 Å². The van der Waals surface area contributed by atoms with Crippen molar-refractivity contribution in [2.24, 2.45) is 17.3 Å². The second kappa shape index (κ2) is 6.06. The average Bonchev–Trinajstić information content (AvgIpc) is 2.43. The maximum atomic E-state index is 10.8. The van der Waals surface area contributed by atoms with Crippen LogP contribution in [-0.2, 0) is 0 Å². The fraction of sp³-hybridized carbons (Fsp3) is 0.588. The number of aromatic carboxylic acids is 1. The van der Waals surface area contributed by atoms with Gasteiger partial charge in [0.1, 0.15) is 0 Å². The van der Waals surface area contributed by atoms with Crippen LogP contribution in [-0.4, -0.2) is 28.8 Å². The first-order chi connectivity index (χ1) is 9.81. The van der Waals surface area contributed by atoms with Crippen molar-refractivity contribution in [2.45, 2.75) is 39.7 Å². The topological polar surface area (TPSA) is 69.6 Å². The van der Waals surface area contributed by atoms with Gasteiger partial charge in [-0.05, 0) is 54.4 Å². The molecule has 4 heteroatoms. The van der Waals surface area contributed by atoms with Crippen molar-refractivity contribution in [1.29, 1.82) is 0 Å². The zero-order valence-electron chi connectivity index (χ0n) is 13.0. The lowest BCUT2D eigenvalue weighted by molar-refractivity contribution is -0.0189. The molecule has 1 aromatic carbocycles. The molecule has 1 aromatic rings. The molecule has 1 saturated carbocycles. The van der Waals surface area contributed by atoms with Crippen molar-refractivity contribution in [2.75, 3.05) is 11.9 Å². The third-order valence-corrected chi connectivity index (χ3v) is 4.99. The number of rotatable bonds is 4. The standard InChI is InChI=1S/C17H25NO3/c1-11-14(17(2,3)9-8-15(11)19)10-18-13-6-4-12(5-7-13)16(20)21/h4-7,11,14-15,18-19H,8-10H2,1-3H3,(H,20,21). The molecule has 0 radical (unpaired) electrons. The van der Waals surface area contributed by atoms with Crippen molar-refractivity contribution in [3.05, 3.63) is 29.8 Å². The molecule has 1 fully saturated rings. The number of aliphatic hydroxyl groups is 1. The second-order valence-corrected chi connectivity index (χ2v) is 6.82. The zero-order chi connectivity index (χ0) is 15.6. The van der Waals surface area contributed by atoms with Crippen LogP contribution in [0.5, 0.6) is 0 Å². The monoisotopic (exact) mass is 291 g/mol. The van der Waals surface area contributed by atoms with Crippen molar-refractivity contribution in [1.82, 2.24) is 0 Å². The number of carboxylic acids is 1. The summed E-state index contributed by atoms with van der Waals surface area (Å²) in [5.74, 6) is -0.258. The Labute approximate surface area is 126 Å². The van der Waals surface area contributed by atoms with Crippen LogP contribution in [0.3, 0.4) is 0 Å². The molecule has 1 aliphatic carbocycles. The van der Waals surface area contributed by atoms with E-state index in [1.165, 1.54) is 0 Å². The summed E-state index contributed by atoms with van der Waals surface area (Å²) in [6.45, 7) is 7.42. The van der Waals surface area contributed by atoms with Crippen LogP contribution in [0.1, 0.15) is 44.0 Å². The van der Waals surface area contributed by atoms with Crippen LogP contribution in [0.4, 0.5) is 5.69 Å². The Morgan fingerprint density at radius 3 is 2.52 bits per heavy atom. The number of aliphatic hydroxyl groups excluding tert-OH is 1. The number of benzene rings is 1. The maximum absolute atomic E-state index is 10.8. The minimum Gasteiger partial charge on any atom is -0.478 e. The number of carboxylic acid groups (broad SMARTS) is 1. The van der Waals surface area contributed by atoms with E-state index in [4.69, 9.17) is 5.11 Å². The molecule has 116 valence electrons. The summed E-state index contributed by atoms with van der Waals surface area (Å²) in [5, 5.41) is 22.4. The zero-order valence-corrected chi connectivity index (χ0v) is 13.0. The highest BCUT2D eigenvalue weighted by atomic mass is 16.4. The van der Waals surface area contributed by atoms with Crippen molar-refractivity contribution < 1.29 is 15.0 Å². The Balaban J connectivity index is 2.02. The molecule has 21 heavy (non-hydrogen) atoms. The Bertz CT molecular complexity index is 495. The molecule has 0 heterocycles. The molecule has 0 spiro atoms. The predicted octanol–water partition coefficient (Wildman–Crippen LogP) is 3.23. The first-order valence-corrected chi connectivity index (χ1v) is 7.56. The molecule has 0 saturated heterocycles. The van der Waals surface area contributed by atoms with Crippen molar-refractivity contribution in [3.8, 4) is 0 Å². The van der Waals surface area contributed by atoms with E-state index < -0.39 is 5.97 Å². The van der Waals surface area contributed by atoms with E-state index in [1.54, 1.807) is 24.3 Å². The van der Waals surface area contributed by atoms with Crippen LogP contribution in [0.2, 0.25) is 0 Å². The molecule has 3 N–H and O–H groups in total. The lowest BCUT2D eigenvalue weighted by Gasteiger charge is -2.45. The highest BCUT2D eigenvalue weighted by molar-refractivity contribution is 5.87. The molecule has 3 unspecified atom stereocenters. The number of anilines is 1. The Morgan fingerprint density at radius 1 is 1.33 bits per heavy atom. The van der Waals surface area contributed by atoms with Gasteiger partial charge in [-0.1, -0.05) is 20.8 Å². The SMILES string of the molecule is CC1C(O)CCC(C)(C)C1CNc1ccc(C(=O)O)cc1. The maximum Gasteiger partial charge on any atom is 0.335 e. The Morgan fingerprint density at radius 2 is 1.95 bits per heavy atom. The Kier molecular flexibility index (Phi) is 4.57. The van der Waals surface area contributed by atoms with Gasteiger partial charge in [-0.3, -0.25) is 0 Å². The third-order valence-electron chi connectivity index (χ3n) is 4.99. The van der Waals surface area contributed by atoms with Gasteiger partial charge < -0.3 is 15.5 Å². The van der Waals surface area contributed by atoms with Crippen LogP contribution >= 0.6 is 0 Å². The van der Waals surface area contributed by atoms with Crippen LogP contribution in [0, 0.1) is 17.3 Å². The van der Waals surface area contributed by atoms with Gasteiger partial charge in [0.25, 0.3) is 0 Å². The molecule has 0 amide bonds. The quantitative estimate of drug-likeness (QED) is 0.796. The van der Waals surface area contributed by atoms with E-state index in [0.29, 0.717) is 11.5 Å². The summed E-state index contributed by atoms with van der Waals surface area (Å²) in [6, 6.07) is 6.80. The molecule has 0 bridgehead atoms. The molecule has 3 atom stereocenters. The van der Waals surface area contributed by atoms with E-state index in [0.717, 1.165) is 25.1 Å². The van der Waals surface area contributed by atoms with E-state index >= 15 is 0 Å². The van der Waals surface area contributed by atoms with Crippen LogP contribution in [0.25, 0.3) is 0 Å². The van der Waals surface area contributed by atoms with Crippen molar-refractivity contribution >= 4 is 11.7 Å². The van der Waals surface area contributed by atoms with Gasteiger partial charge in [-0.15, -0.1) is 0 Å². The molecular weight excluding hydrogens is 266 g/mol. The molecule has 0 aromatic heterocycles. The average molecular weight is 291 g/mol. The Hall–Kier alpha value is -1.55. The first kappa shape index (κ1) is 15.8. The first-order valence-electron chi connectivity index (χ1n) is 7.56. The second-order valence-electron chi connectivity index (χ2n) is 6.82. The van der Waals surface area contributed by atoms with Gasteiger partial charge in [0.2, 0.25) is 0 Å². The lowest BCUT2D eigenvalue weighted by Crippen LogP contribution is -2.44. The summed E-state index contributed by atoms with van der Waals surface area (Å²) < 4.78 is 0. The van der Waals surface area contributed by atoms with Gasteiger partial charge in [-0.25, -0.2) is 4.79 Å². The van der Waals surface area contributed by atoms with Gasteiger partial charge in [0.15, 0.2) is 0 Å². The van der Waals surface area contributed by atoms with E-state index in [9.17, 15) is 9.90 Å². The summed E-state index contributed by atoms with van der Waals surface area (Å²) >= 11 is 0. The van der Waals surface area contributed by atoms with E-state index in [1.807, 2.05) is 0 Å². The molecule has 2 rings (SSSR count). The number of nitrogens with one attached hydrogen (secondary N) is 1. The van der Waals surface area contributed by atoms with Crippen LogP contribution in [0.15, 0.2) is 24.3 Å². The number of hydrogen-bond donors (Lipinski definition) is 3. The molecule has 0 aliphatic heterocycles. The number of hydrogen-bond acceptors (Lipinski definition) is 3. The fourth-order valence-electron chi connectivity index (χ4n) is 3.37. The van der Waals surface area contributed by atoms with E-state index in [2.05, 4.69) is 26.1 Å². The smallest absolute Gasteiger partial charge is 0.335 e. The fourth-order valence-corrected chi connectivity index (χ4v) is 3.37. The summed E-state index contributed by atoms with van der Waals surface area (Å²) in [5.41, 5.74) is 1.41. The largest absolute Gasteiger partial charge is 0.478 e. The summed E-state index contributed by atoms with van der Waals surface area (Å²) in [7, 11) is 0. The van der Waals surface area contributed by atoms with Crippen molar-refractivity contribution in [3.63, 3.8) is 0 Å². The molecular formula is C17H25NO3. The molecule has 1 aliphatic rings. The number of carbonyl (C=O) groups is 1. The lowest BCUT2D eigenvalue weighted by atomic mass is 9.63. The van der Waals surface area contributed by atoms with Gasteiger partial charge in [-0.2, -0.15) is 0 Å². The molecule has 4 nitrogen and oxygen atoms in total. The highest BCUT2D eigenvalue weighted by Crippen LogP contribution is 2.43. The summed E-state index contributed by atoms with van der Waals surface area (Å²) in [4.78, 5) is 10.8.